The van der Waals surface area contributed by atoms with E-state index < -0.39 is 6.04 Å². The van der Waals surface area contributed by atoms with Crippen LogP contribution in [0.25, 0.3) is 11.1 Å². The Hall–Kier alpha value is -3.35. The molecule has 32 heavy (non-hydrogen) atoms. The summed E-state index contributed by atoms with van der Waals surface area (Å²) in [5, 5.41) is 5.89. The van der Waals surface area contributed by atoms with E-state index in [0.717, 1.165) is 24.0 Å². The van der Waals surface area contributed by atoms with Crippen molar-refractivity contribution in [1.29, 1.82) is 0 Å². The molecule has 0 radical (unpaired) electrons. The fraction of sp³-hybridized carbons (Fsp3) is 0.400. The zero-order chi connectivity index (χ0) is 22.7. The molecule has 7 nitrogen and oxygen atoms in total. The lowest BCUT2D eigenvalue weighted by Crippen LogP contribution is -2.49. The Morgan fingerprint density at radius 2 is 1.72 bits per heavy atom. The van der Waals surface area contributed by atoms with Crippen molar-refractivity contribution < 1.29 is 19.1 Å². The summed E-state index contributed by atoms with van der Waals surface area (Å²) >= 11 is 0. The maximum absolute atomic E-state index is 13.3. The standard InChI is InChI=1S/C25H29N3O4/c1-16-15-32-21-8-4-6-18(14-21)17-5-3-7-19(13-17)25(31)28(2)22(11-12-23(29)26-16)24(30)27-20-9-10-20/h3-8,13-14,16,20,22H,9-12,15H2,1-2H3,(H,26,29)(H,27,30)/t16-,22-/m0/s1. The first-order valence-electron chi connectivity index (χ1n) is 11.1. The van der Waals surface area contributed by atoms with Gasteiger partial charge in [-0.15, -0.1) is 0 Å². The normalized spacial score (nSPS) is 22.0. The van der Waals surface area contributed by atoms with Crippen molar-refractivity contribution in [3.63, 3.8) is 0 Å². The van der Waals surface area contributed by atoms with Gasteiger partial charge in [0.25, 0.3) is 5.91 Å². The predicted molar refractivity (Wildman–Crippen MR) is 121 cm³/mol. The number of ether oxygens (including phenoxy) is 1. The van der Waals surface area contributed by atoms with Gasteiger partial charge in [-0.2, -0.15) is 0 Å². The highest BCUT2D eigenvalue weighted by atomic mass is 16.5. The molecule has 1 aliphatic heterocycles. The molecule has 1 saturated carbocycles. The van der Waals surface area contributed by atoms with Crippen LogP contribution in [0.15, 0.2) is 48.5 Å². The Bertz CT molecular complexity index is 1020. The predicted octanol–water partition coefficient (Wildman–Crippen LogP) is 2.75. The zero-order valence-electron chi connectivity index (χ0n) is 18.5. The lowest BCUT2D eigenvalue weighted by molar-refractivity contribution is -0.126. The minimum absolute atomic E-state index is 0.139. The van der Waals surface area contributed by atoms with Crippen molar-refractivity contribution in [2.45, 2.75) is 50.7 Å². The van der Waals surface area contributed by atoms with Crippen LogP contribution in [-0.4, -0.2) is 54.4 Å². The van der Waals surface area contributed by atoms with E-state index in [0.29, 0.717) is 17.9 Å². The second-order valence-corrected chi connectivity index (χ2v) is 8.64. The van der Waals surface area contributed by atoms with Crippen LogP contribution in [0, 0.1) is 0 Å². The summed E-state index contributed by atoms with van der Waals surface area (Å²) in [5.74, 6) is 0.0592. The molecule has 3 amide bonds. The van der Waals surface area contributed by atoms with Crippen LogP contribution in [0.1, 0.15) is 43.0 Å². The molecule has 2 aromatic rings. The number of benzene rings is 2. The molecular formula is C25H29N3O4. The number of hydrogen-bond donors (Lipinski definition) is 2. The molecule has 168 valence electrons. The van der Waals surface area contributed by atoms with Gasteiger partial charge in [0.05, 0.1) is 6.04 Å². The highest BCUT2D eigenvalue weighted by Gasteiger charge is 2.32. The largest absolute Gasteiger partial charge is 0.491 e. The van der Waals surface area contributed by atoms with Gasteiger partial charge in [0, 0.05) is 25.1 Å². The second kappa shape index (κ2) is 9.42. The molecule has 0 unspecified atom stereocenters. The van der Waals surface area contributed by atoms with E-state index in [4.69, 9.17) is 4.74 Å². The number of likely N-dealkylation sites (N-methyl/N-ethyl adjacent to an activating group) is 1. The number of carbonyl (C=O) groups excluding carboxylic acids is 3. The van der Waals surface area contributed by atoms with Gasteiger partial charge in [-0.1, -0.05) is 24.3 Å². The van der Waals surface area contributed by atoms with Gasteiger partial charge in [-0.05, 0) is 61.6 Å². The molecule has 7 heteroatoms. The van der Waals surface area contributed by atoms with E-state index >= 15 is 0 Å². The van der Waals surface area contributed by atoms with Crippen molar-refractivity contribution in [3.8, 4) is 16.9 Å². The fourth-order valence-electron chi connectivity index (χ4n) is 3.85. The first-order valence-corrected chi connectivity index (χ1v) is 11.1. The fourth-order valence-corrected chi connectivity index (χ4v) is 3.85. The van der Waals surface area contributed by atoms with Crippen LogP contribution in [-0.2, 0) is 9.59 Å². The first-order chi connectivity index (χ1) is 15.4. The molecule has 1 aliphatic carbocycles. The SMILES string of the molecule is C[C@H]1COc2cccc(c2)-c2cccc(c2)C(=O)N(C)[C@H](C(=O)NC2CC2)CCC(=O)N1. The smallest absolute Gasteiger partial charge is 0.254 e. The monoisotopic (exact) mass is 435 g/mol. The Balaban J connectivity index is 1.67. The summed E-state index contributed by atoms with van der Waals surface area (Å²) in [7, 11) is 1.63. The highest BCUT2D eigenvalue weighted by Crippen LogP contribution is 2.26. The number of carbonyl (C=O) groups is 3. The molecule has 0 spiro atoms. The summed E-state index contributed by atoms with van der Waals surface area (Å²) < 4.78 is 5.87. The van der Waals surface area contributed by atoms with Crippen LogP contribution in [0.2, 0.25) is 0 Å². The van der Waals surface area contributed by atoms with E-state index in [9.17, 15) is 14.4 Å². The topological polar surface area (TPSA) is 87.7 Å². The van der Waals surface area contributed by atoms with E-state index in [-0.39, 0.29) is 42.6 Å². The van der Waals surface area contributed by atoms with Crippen molar-refractivity contribution in [3.05, 3.63) is 54.1 Å². The minimum Gasteiger partial charge on any atom is -0.491 e. The van der Waals surface area contributed by atoms with Gasteiger partial charge in [0.15, 0.2) is 0 Å². The maximum atomic E-state index is 13.3. The van der Waals surface area contributed by atoms with E-state index in [1.54, 1.807) is 13.1 Å². The Morgan fingerprint density at radius 1 is 1.03 bits per heavy atom. The average Bonchev–Trinajstić information content (AvgIpc) is 3.61. The molecule has 2 N–H and O–H groups in total. The highest BCUT2D eigenvalue weighted by molar-refractivity contribution is 5.98. The van der Waals surface area contributed by atoms with Gasteiger partial charge >= 0.3 is 0 Å². The molecule has 1 fully saturated rings. The van der Waals surface area contributed by atoms with Gasteiger partial charge < -0.3 is 20.3 Å². The number of fused-ring (bicyclic) bond motifs is 5. The average molecular weight is 436 g/mol. The number of rotatable bonds is 2. The van der Waals surface area contributed by atoms with Crippen LogP contribution in [0.5, 0.6) is 5.75 Å². The zero-order valence-corrected chi connectivity index (χ0v) is 18.5. The third-order valence-corrected chi connectivity index (χ3v) is 5.84. The third-order valence-electron chi connectivity index (χ3n) is 5.84. The van der Waals surface area contributed by atoms with Crippen molar-refractivity contribution in [1.82, 2.24) is 15.5 Å². The van der Waals surface area contributed by atoms with Gasteiger partial charge in [-0.25, -0.2) is 0 Å². The second-order valence-electron chi connectivity index (χ2n) is 8.64. The van der Waals surface area contributed by atoms with E-state index in [2.05, 4.69) is 10.6 Å². The summed E-state index contributed by atoms with van der Waals surface area (Å²) in [6.45, 7) is 2.21. The molecule has 1 heterocycles. The quantitative estimate of drug-likeness (QED) is 0.759. The Morgan fingerprint density at radius 3 is 2.47 bits per heavy atom. The number of nitrogens with zero attached hydrogens (tertiary/aromatic N) is 1. The number of nitrogens with one attached hydrogen (secondary N) is 2. The number of hydrogen-bond acceptors (Lipinski definition) is 4. The third kappa shape index (κ3) is 5.28. The molecule has 2 aromatic carbocycles. The molecular weight excluding hydrogens is 406 g/mol. The van der Waals surface area contributed by atoms with Crippen LogP contribution < -0.4 is 15.4 Å². The van der Waals surface area contributed by atoms with Crippen molar-refractivity contribution in [2.75, 3.05) is 13.7 Å². The molecule has 2 aliphatic rings. The molecule has 4 rings (SSSR count). The first kappa shape index (κ1) is 21.9. The molecule has 0 saturated heterocycles. The summed E-state index contributed by atoms with van der Waals surface area (Å²) in [4.78, 5) is 40.1. The van der Waals surface area contributed by atoms with Crippen molar-refractivity contribution >= 4 is 17.7 Å². The summed E-state index contributed by atoms with van der Waals surface area (Å²) in [5.41, 5.74) is 2.31. The Kier molecular flexibility index (Phi) is 6.44. The van der Waals surface area contributed by atoms with Crippen LogP contribution in [0.4, 0.5) is 0 Å². The number of amides is 3. The Labute approximate surface area is 188 Å². The lowest BCUT2D eigenvalue weighted by Gasteiger charge is -2.28. The summed E-state index contributed by atoms with van der Waals surface area (Å²) in [6, 6.07) is 14.3. The van der Waals surface area contributed by atoms with Gasteiger partial charge in [0.2, 0.25) is 11.8 Å². The molecule has 4 bridgehead atoms. The summed E-state index contributed by atoms with van der Waals surface area (Å²) in [6.07, 6.45) is 2.30. The molecule has 0 aromatic heterocycles. The van der Waals surface area contributed by atoms with E-state index in [1.165, 1.54) is 4.90 Å². The van der Waals surface area contributed by atoms with Crippen LogP contribution >= 0.6 is 0 Å². The van der Waals surface area contributed by atoms with Gasteiger partial charge in [0.1, 0.15) is 18.4 Å². The minimum atomic E-state index is -0.722. The van der Waals surface area contributed by atoms with Crippen molar-refractivity contribution in [2.24, 2.45) is 0 Å². The maximum Gasteiger partial charge on any atom is 0.254 e. The lowest BCUT2D eigenvalue weighted by atomic mass is 10.0. The molecule has 2 atom stereocenters. The van der Waals surface area contributed by atoms with E-state index in [1.807, 2.05) is 49.4 Å². The van der Waals surface area contributed by atoms with Crippen LogP contribution in [0.3, 0.4) is 0 Å². The van der Waals surface area contributed by atoms with Gasteiger partial charge in [-0.3, -0.25) is 14.4 Å².